The van der Waals surface area contributed by atoms with E-state index in [0.29, 0.717) is 124 Å². The zero-order valence-electron chi connectivity index (χ0n) is 52.4. The number of nitrogens with zero attached hydrogens (tertiary/aromatic N) is 1. The van der Waals surface area contributed by atoms with Gasteiger partial charge in [0.05, 0.1) is 63.6 Å². The van der Waals surface area contributed by atoms with Gasteiger partial charge in [0.1, 0.15) is 46.0 Å². The molecule has 5 aromatic carbocycles. The highest BCUT2D eigenvalue weighted by atomic mass is 16.5. The minimum Gasteiger partial charge on any atom is -0.494 e. The number of unbranched alkanes of at least 4 members (excludes halogenated alkanes) is 9. The maximum Gasteiger partial charge on any atom is 0.330 e. The first-order valence-electron chi connectivity index (χ1n) is 32.4. The number of esters is 4. The van der Waals surface area contributed by atoms with Crippen LogP contribution in [0.15, 0.2) is 147 Å². The average molecular weight is 1250 g/mol. The van der Waals surface area contributed by atoms with Crippen LogP contribution in [0.5, 0.6) is 51.9 Å². The van der Waals surface area contributed by atoms with Crippen molar-refractivity contribution in [3.63, 3.8) is 0 Å². The predicted octanol–water partition coefficient (Wildman–Crippen LogP) is 15.3. The number of carbonyl (C=O) groups excluding carboxylic acids is 5. The van der Waals surface area contributed by atoms with E-state index in [-0.39, 0.29) is 35.6 Å². The number of rotatable bonds is 39. The molecule has 0 spiro atoms. The number of carbonyl (C=O) groups is 5. The van der Waals surface area contributed by atoms with Gasteiger partial charge in [-0.3, -0.25) is 14.4 Å². The van der Waals surface area contributed by atoms with Gasteiger partial charge in [-0.1, -0.05) is 32.6 Å². The van der Waals surface area contributed by atoms with Gasteiger partial charge in [0, 0.05) is 35.5 Å². The summed E-state index contributed by atoms with van der Waals surface area (Å²) in [5.74, 6) is 3.96. The first-order chi connectivity index (χ1) is 44.5. The minimum atomic E-state index is -0.411. The van der Waals surface area contributed by atoms with E-state index in [9.17, 15) is 24.0 Å². The van der Waals surface area contributed by atoms with Crippen LogP contribution in [0.25, 0.3) is 21.7 Å². The van der Waals surface area contributed by atoms with Crippen LogP contribution >= 0.6 is 0 Å². The molecule has 8 rings (SSSR count). The van der Waals surface area contributed by atoms with Crippen LogP contribution < -0.4 is 43.2 Å². The first kappa shape index (κ1) is 68.1. The lowest BCUT2D eigenvalue weighted by Gasteiger charge is -2.27. The van der Waals surface area contributed by atoms with Gasteiger partial charge in [0.2, 0.25) is 11.8 Å². The van der Waals surface area contributed by atoms with Gasteiger partial charge in [0.25, 0.3) is 0 Å². The molecule has 2 saturated carbocycles. The average Bonchev–Trinajstić information content (AvgIpc) is 0.891. The third kappa shape index (κ3) is 23.2. The standard InChI is InChI=1S/C74H88N2O15/c1-4-69(77)75-43-13-7-8-14-44-82-57-27-31-60(32-28-57)87-51-53-19-23-55(24-20-53)73(80)90-63-39-41-65-66-42-40-64(50-68(66)76-72(67(65)49-63)89-62-37-35-59(36-38-62)84-46-16-10-12-18-48-86-71(79)6-3)91-74(81)56-25-21-54(22-26-56)52-88-61-33-29-58(30-34-61)83-45-15-9-11-17-47-85-70(78)5-2/h4-6,27-42,49-50,53-56H,1-3,7-26,43-48,51-52H2,(H,75,77). The second-order valence-electron chi connectivity index (χ2n) is 23.2. The van der Waals surface area contributed by atoms with Gasteiger partial charge in [-0.2, -0.15) is 0 Å². The maximum absolute atomic E-state index is 13.8. The summed E-state index contributed by atoms with van der Waals surface area (Å²) in [5, 5.41) is 5.04. The van der Waals surface area contributed by atoms with E-state index >= 15 is 0 Å². The number of nitrogens with one attached hydrogen (secondary N) is 1. The van der Waals surface area contributed by atoms with Crippen LogP contribution in [-0.2, 0) is 33.4 Å². The zero-order valence-corrected chi connectivity index (χ0v) is 52.4. The van der Waals surface area contributed by atoms with Gasteiger partial charge in [-0.15, -0.1) is 0 Å². The van der Waals surface area contributed by atoms with E-state index < -0.39 is 11.9 Å². The highest BCUT2D eigenvalue weighted by molar-refractivity contribution is 6.08. The van der Waals surface area contributed by atoms with E-state index in [1.807, 2.05) is 84.9 Å². The van der Waals surface area contributed by atoms with Gasteiger partial charge in [-0.05, 0) is 242 Å². The zero-order chi connectivity index (χ0) is 63.8. The lowest BCUT2D eigenvalue weighted by molar-refractivity contribution is -0.141. The molecule has 0 saturated heterocycles. The minimum absolute atomic E-state index is 0.142. The molecule has 2 aliphatic rings. The summed E-state index contributed by atoms with van der Waals surface area (Å²) in [6.07, 6.45) is 20.7. The topological polar surface area (TPSA) is 203 Å². The summed E-state index contributed by atoms with van der Waals surface area (Å²) in [6.45, 7) is 14.6. The monoisotopic (exact) mass is 1240 g/mol. The number of amides is 1. The summed E-state index contributed by atoms with van der Waals surface area (Å²) in [5.41, 5.74) is 0.559. The molecule has 1 amide bonds. The number of hydrogen-bond acceptors (Lipinski definition) is 16. The van der Waals surface area contributed by atoms with Crippen molar-refractivity contribution < 1.29 is 71.3 Å². The molecule has 0 aliphatic heterocycles. The third-order valence-electron chi connectivity index (χ3n) is 16.4. The highest BCUT2D eigenvalue weighted by Crippen LogP contribution is 2.39. The number of hydrogen-bond donors (Lipinski definition) is 1. The maximum atomic E-state index is 13.8. The summed E-state index contributed by atoms with van der Waals surface area (Å²) in [6, 6.07) is 33.6. The lowest BCUT2D eigenvalue weighted by atomic mass is 9.82. The van der Waals surface area contributed by atoms with Gasteiger partial charge in [-0.25, -0.2) is 14.6 Å². The molecule has 91 heavy (non-hydrogen) atoms. The summed E-state index contributed by atoms with van der Waals surface area (Å²) in [7, 11) is 0. The SMILES string of the molecule is C=CC(=O)NCCCCCCOc1ccc(OCC2CCC(C(=O)Oc3ccc4c(c3)c(Oc3ccc(OCCCCCCOC(=O)C=C)cc3)nc3cc(OC(=O)C5CCC(COc6ccc(OCCCCCCOC(=O)C=C)cc6)CC5)ccc34)CC2)cc1. The van der Waals surface area contributed by atoms with Crippen molar-refractivity contribution in [2.24, 2.45) is 23.7 Å². The molecule has 1 aromatic heterocycles. The van der Waals surface area contributed by atoms with Crippen molar-refractivity contribution in [3.8, 4) is 51.9 Å². The molecule has 0 bridgehead atoms. The molecule has 0 unspecified atom stereocenters. The molecule has 0 atom stereocenters. The Hall–Kier alpha value is -8.86. The lowest BCUT2D eigenvalue weighted by Crippen LogP contribution is -2.27. The second kappa shape index (κ2) is 37.3. The van der Waals surface area contributed by atoms with Crippen molar-refractivity contribution >= 4 is 51.5 Å². The Morgan fingerprint density at radius 2 is 0.791 bits per heavy atom. The normalized spacial score (nSPS) is 16.1. The molecule has 484 valence electrons. The molecule has 0 radical (unpaired) electrons. The number of benzene rings is 5. The smallest absolute Gasteiger partial charge is 0.330 e. The van der Waals surface area contributed by atoms with Crippen LogP contribution in [0.3, 0.4) is 0 Å². The van der Waals surface area contributed by atoms with Crippen molar-refractivity contribution in [1.82, 2.24) is 10.3 Å². The van der Waals surface area contributed by atoms with Crippen LogP contribution in [0.4, 0.5) is 0 Å². The van der Waals surface area contributed by atoms with E-state index in [1.54, 1.807) is 24.3 Å². The van der Waals surface area contributed by atoms with Gasteiger partial charge in [0.15, 0.2) is 0 Å². The second-order valence-corrected chi connectivity index (χ2v) is 23.2. The molecular formula is C74H88N2O15. The van der Waals surface area contributed by atoms with Crippen LogP contribution in [0, 0.1) is 23.7 Å². The van der Waals surface area contributed by atoms with Crippen molar-refractivity contribution in [3.05, 3.63) is 147 Å². The fraction of sp³-hybridized carbons (Fsp3) is 0.432. The Balaban J connectivity index is 0.821. The molecule has 1 heterocycles. The molecular weight excluding hydrogens is 1160 g/mol. The molecule has 17 nitrogen and oxygen atoms in total. The fourth-order valence-electron chi connectivity index (χ4n) is 11.1. The van der Waals surface area contributed by atoms with E-state index in [4.69, 9.17) is 52.4 Å². The van der Waals surface area contributed by atoms with Crippen molar-refractivity contribution in [2.75, 3.05) is 52.8 Å². The Morgan fingerprint density at radius 1 is 0.407 bits per heavy atom. The molecule has 6 aromatic rings. The van der Waals surface area contributed by atoms with Crippen molar-refractivity contribution in [2.45, 2.75) is 128 Å². The van der Waals surface area contributed by atoms with Crippen LogP contribution in [-0.4, -0.2) is 87.6 Å². The van der Waals surface area contributed by atoms with E-state index in [0.717, 1.165) is 137 Å². The Morgan fingerprint density at radius 3 is 1.23 bits per heavy atom. The van der Waals surface area contributed by atoms with E-state index in [2.05, 4.69) is 25.1 Å². The largest absolute Gasteiger partial charge is 0.494 e. The number of ether oxygens (including phenoxy) is 10. The fourth-order valence-corrected chi connectivity index (χ4v) is 11.1. The van der Waals surface area contributed by atoms with Gasteiger partial charge >= 0.3 is 23.9 Å². The molecule has 1 N–H and O–H groups in total. The highest BCUT2D eigenvalue weighted by Gasteiger charge is 2.30. The van der Waals surface area contributed by atoms with Crippen molar-refractivity contribution in [1.29, 1.82) is 0 Å². The van der Waals surface area contributed by atoms with Crippen LogP contribution in [0.2, 0.25) is 0 Å². The van der Waals surface area contributed by atoms with Crippen LogP contribution in [0.1, 0.15) is 128 Å². The Kier molecular flexibility index (Phi) is 27.9. The third-order valence-corrected chi connectivity index (χ3v) is 16.4. The Bertz CT molecular complexity index is 3290. The summed E-state index contributed by atoms with van der Waals surface area (Å²) in [4.78, 5) is 66.3. The molecule has 2 aliphatic carbocycles. The number of pyridine rings is 1. The summed E-state index contributed by atoms with van der Waals surface area (Å²) < 4.78 is 59.0. The number of fused-ring (bicyclic) bond motifs is 3. The first-order valence-corrected chi connectivity index (χ1v) is 32.4. The predicted molar refractivity (Wildman–Crippen MR) is 349 cm³/mol. The van der Waals surface area contributed by atoms with E-state index in [1.165, 1.54) is 18.2 Å². The molecule has 2 fully saturated rings. The quantitative estimate of drug-likeness (QED) is 0.0125. The molecule has 17 heteroatoms. The number of aromatic nitrogens is 1. The Labute approximate surface area is 534 Å². The summed E-state index contributed by atoms with van der Waals surface area (Å²) >= 11 is 0. The van der Waals surface area contributed by atoms with Gasteiger partial charge < -0.3 is 52.7 Å².